The van der Waals surface area contributed by atoms with E-state index in [-0.39, 0.29) is 13.3 Å². The van der Waals surface area contributed by atoms with Gasteiger partial charge in [-0.15, -0.1) is 0 Å². The topological polar surface area (TPSA) is 105 Å². The van der Waals surface area contributed by atoms with Crippen molar-refractivity contribution in [2.24, 2.45) is 17.4 Å². The third-order valence-electron chi connectivity index (χ3n) is 1.10. The van der Waals surface area contributed by atoms with Crippen LogP contribution >= 0.6 is 0 Å². The largest absolute Gasteiger partial charge is 0.450 e. The number of hydrogen-bond donors (Lipinski definition) is 2. The van der Waals surface area contributed by atoms with Crippen LogP contribution in [0.4, 0.5) is 4.79 Å². The normalized spacial score (nSPS) is 11.8. The average Bonchev–Trinajstić information content (AvgIpc) is 2.00. The molecule has 0 aromatic carbocycles. The fraction of sp³-hybridized carbons (Fsp3) is 0.667. The first-order valence-corrected chi connectivity index (χ1v) is 3.37. The van der Waals surface area contributed by atoms with Crippen LogP contribution < -0.4 is 11.5 Å². The lowest BCUT2D eigenvalue weighted by atomic mass is 10.2. The summed E-state index contributed by atoms with van der Waals surface area (Å²) < 4.78 is 8.81. The predicted octanol–water partition coefficient (Wildman–Crippen LogP) is -0.823. The number of carbonyl (C=O) groups is 2. The molecular formula is C6H12N2O4. The summed E-state index contributed by atoms with van der Waals surface area (Å²) in [4.78, 5) is 20.9. The molecule has 0 aliphatic carbocycles. The van der Waals surface area contributed by atoms with Crippen molar-refractivity contribution in [2.45, 2.75) is 6.92 Å². The minimum absolute atomic E-state index is 0.0891. The first-order valence-electron chi connectivity index (χ1n) is 3.37. The van der Waals surface area contributed by atoms with Gasteiger partial charge in [0.1, 0.15) is 13.3 Å². The van der Waals surface area contributed by atoms with Crippen LogP contribution in [0.5, 0.6) is 0 Å². The Hall–Kier alpha value is -1.30. The summed E-state index contributed by atoms with van der Waals surface area (Å²) in [5, 5.41) is 0. The van der Waals surface area contributed by atoms with Gasteiger partial charge in [-0.3, -0.25) is 10.5 Å². The van der Waals surface area contributed by atoms with E-state index in [1.807, 2.05) is 0 Å². The number of amides is 1. The third-order valence-corrected chi connectivity index (χ3v) is 1.10. The summed E-state index contributed by atoms with van der Waals surface area (Å²) in [7, 11) is 0. The third kappa shape index (κ3) is 4.51. The van der Waals surface area contributed by atoms with Gasteiger partial charge in [0.2, 0.25) is 0 Å². The maximum Gasteiger partial charge on any atom is 0.404 e. The van der Waals surface area contributed by atoms with Crippen LogP contribution in [0.2, 0.25) is 0 Å². The molecule has 0 saturated carbocycles. The van der Waals surface area contributed by atoms with Crippen molar-refractivity contribution >= 4 is 12.1 Å². The SMILES string of the molecule is CC(COC(N)=O)C(=O)OCN. The Bertz CT molecular complexity index is 171. The summed E-state index contributed by atoms with van der Waals surface area (Å²) in [6, 6.07) is 0. The summed E-state index contributed by atoms with van der Waals surface area (Å²) in [5.74, 6) is -1.06. The molecule has 0 radical (unpaired) electrons. The lowest BCUT2D eigenvalue weighted by Gasteiger charge is -2.08. The summed E-state index contributed by atoms with van der Waals surface area (Å²) in [6.07, 6.45) is -0.914. The van der Waals surface area contributed by atoms with Gasteiger partial charge in [-0.1, -0.05) is 0 Å². The maximum atomic E-state index is 10.8. The highest BCUT2D eigenvalue weighted by molar-refractivity contribution is 5.72. The average molecular weight is 176 g/mol. The Kier molecular flexibility index (Phi) is 4.78. The highest BCUT2D eigenvalue weighted by Gasteiger charge is 2.15. The first kappa shape index (κ1) is 10.7. The number of carbonyl (C=O) groups excluding carboxylic acids is 2. The number of esters is 1. The van der Waals surface area contributed by atoms with Crippen LogP contribution in [0.25, 0.3) is 0 Å². The van der Waals surface area contributed by atoms with E-state index in [0.29, 0.717) is 0 Å². The van der Waals surface area contributed by atoms with Crippen molar-refractivity contribution < 1.29 is 19.1 Å². The molecule has 0 aromatic rings. The van der Waals surface area contributed by atoms with Gasteiger partial charge in [-0.2, -0.15) is 0 Å². The number of primary amides is 1. The van der Waals surface area contributed by atoms with Crippen molar-refractivity contribution in [3.63, 3.8) is 0 Å². The van der Waals surface area contributed by atoms with Crippen LogP contribution in [0.1, 0.15) is 6.92 Å². The van der Waals surface area contributed by atoms with Crippen molar-refractivity contribution in [3.05, 3.63) is 0 Å². The van der Waals surface area contributed by atoms with E-state index in [9.17, 15) is 9.59 Å². The lowest BCUT2D eigenvalue weighted by Crippen LogP contribution is -2.25. The molecule has 0 bridgehead atoms. The van der Waals surface area contributed by atoms with Gasteiger partial charge in [-0.25, -0.2) is 4.79 Å². The van der Waals surface area contributed by atoms with Crippen LogP contribution in [-0.2, 0) is 14.3 Å². The molecule has 0 rings (SSSR count). The molecule has 0 saturated heterocycles. The molecule has 1 amide bonds. The minimum atomic E-state index is -0.914. The molecule has 0 heterocycles. The van der Waals surface area contributed by atoms with Crippen molar-refractivity contribution in [1.29, 1.82) is 0 Å². The Labute approximate surface area is 69.8 Å². The Morgan fingerprint density at radius 3 is 2.42 bits per heavy atom. The molecule has 4 N–H and O–H groups in total. The molecule has 70 valence electrons. The molecule has 0 aliphatic heterocycles. The molecular weight excluding hydrogens is 164 g/mol. The minimum Gasteiger partial charge on any atom is -0.450 e. The fourth-order valence-electron chi connectivity index (χ4n) is 0.500. The van der Waals surface area contributed by atoms with E-state index in [1.54, 1.807) is 6.92 Å². The number of rotatable bonds is 4. The van der Waals surface area contributed by atoms with E-state index >= 15 is 0 Å². The lowest BCUT2D eigenvalue weighted by molar-refractivity contribution is -0.148. The summed E-state index contributed by atoms with van der Waals surface area (Å²) in [5.41, 5.74) is 9.62. The predicted molar refractivity (Wildman–Crippen MR) is 39.8 cm³/mol. The molecule has 6 heteroatoms. The van der Waals surface area contributed by atoms with Crippen molar-refractivity contribution in [1.82, 2.24) is 0 Å². The quantitative estimate of drug-likeness (QED) is 0.430. The van der Waals surface area contributed by atoms with E-state index in [0.717, 1.165) is 0 Å². The van der Waals surface area contributed by atoms with Crippen LogP contribution in [-0.4, -0.2) is 25.4 Å². The highest BCUT2D eigenvalue weighted by atomic mass is 16.6. The smallest absolute Gasteiger partial charge is 0.404 e. The first-order chi connectivity index (χ1) is 5.57. The van der Waals surface area contributed by atoms with Crippen LogP contribution in [0.3, 0.4) is 0 Å². The van der Waals surface area contributed by atoms with Crippen molar-refractivity contribution in [3.8, 4) is 0 Å². The molecule has 0 fully saturated rings. The second kappa shape index (κ2) is 5.36. The van der Waals surface area contributed by atoms with Crippen LogP contribution in [0.15, 0.2) is 0 Å². The van der Waals surface area contributed by atoms with E-state index in [2.05, 4.69) is 15.2 Å². The van der Waals surface area contributed by atoms with Crippen molar-refractivity contribution in [2.75, 3.05) is 13.3 Å². The number of ether oxygens (including phenoxy) is 2. The Morgan fingerprint density at radius 2 is 2.00 bits per heavy atom. The standard InChI is InChI=1S/C6H12N2O4/c1-4(2-11-6(8)10)5(9)12-3-7/h4H,2-3,7H2,1H3,(H2,8,10). The molecule has 6 nitrogen and oxygen atoms in total. The van der Waals surface area contributed by atoms with Gasteiger partial charge in [0.15, 0.2) is 0 Å². The van der Waals surface area contributed by atoms with Gasteiger partial charge in [0.25, 0.3) is 0 Å². The second-order valence-electron chi connectivity index (χ2n) is 2.16. The molecule has 0 aliphatic rings. The molecule has 1 atom stereocenters. The molecule has 12 heavy (non-hydrogen) atoms. The highest BCUT2D eigenvalue weighted by Crippen LogP contribution is 1.98. The Morgan fingerprint density at radius 1 is 1.42 bits per heavy atom. The fourth-order valence-corrected chi connectivity index (χ4v) is 0.500. The van der Waals surface area contributed by atoms with E-state index in [1.165, 1.54) is 0 Å². The van der Waals surface area contributed by atoms with Gasteiger partial charge in [0, 0.05) is 0 Å². The van der Waals surface area contributed by atoms with Gasteiger partial charge < -0.3 is 15.2 Å². The van der Waals surface area contributed by atoms with Crippen LogP contribution in [0, 0.1) is 5.92 Å². The molecule has 0 spiro atoms. The van der Waals surface area contributed by atoms with Gasteiger partial charge in [-0.05, 0) is 6.92 Å². The number of hydrogen-bond acceptors (Lipinski definition) is 5. The van der Waals surface area contributed by atoms with E-state index in [4.69, 9.17) is 5.73 Å². The maximum absolute atomic E-state index is 10.8. The Balaban J connectivity index is 3.63. The second-order valence-corrected chi connectivity index (χ2v) is 2.16. The van der Waals surface area contributed by atoms with E-state index < -0.39 is 18.0 Å². The zero-order valence-electron chi connectivity index (χ0n) is 6.78. The summed E-state index contributed by atoms with van der Waals surface area (Å²) >= 11 is 0. The van der Waals surface area contributed by atoms with Gasteiger partial charge >= 0.3 is 12.1 Å². The molecule has 0 aromatic heterocycles. The number of nitrogens with two attached hydrogens (primary N) is 2. The molecule has 1 unspecified atom stereocenters. The van der Waals surface area contributed by atoms with Gasteiger partial charge in [0.05, 0.1) is 5.92 Å². The zero-order valence-corrected chi connectivity index (χ0v) is 6.78. The monoisotopic (exact) mass is 176 g/mol. The summed E-state index contributed by atoms with van der Waals surface area (Å²) in [6.45, 7) is 1.27. The zero-order chi connectivity index (χ0) is 9.56.